The second-order valence-corrected chi connectivity index (χ2v) is 14.2. The predicted octanol–water partition coefficient (Wildman–Crippen LogP) is 10.9. The number of hydrogen-bond acceptors (Lipinski definition) is 4. The first-order valence-electron chi connectivity index (χ1n) is 17.0. The lowest BCUT2D eigenvalue weighted by molar-refractivity contribution is 0.0926. The molecule has 2 amide bonds. The summed E-state index contributed by atoms with van der Waals surface area (Å²) in [4.78, 5) is 29.0. The van der Waals surface area contributed by atoms with Crippen LogP contribution in [-0.4, -0.2) is 20.9 Å². The molecule has 0 aliphatic carbocycles. The number of benzene rings is 7. The zero-order valence-electron chi connectivity index (χ0n) is 27.4. The molecule has 0 saturated heterocycles. The van der Waals surface area contributed by atoms with Crippen LogP contribution >= 0.6 is 11.3 Å². The average molecular weight is 685 g/mol. The maximum absolute atomic E-state index is 13.9. The van der Waals surface area contributed by atoms with E-state index in [0.29, 0.717) is 28.1 Å². The third-order valence-electron chi connectivity index (χ3n) is 10.5. The molecule has 7 aromatic carbocycles. The van der Waals surface area contributed by atoms with Crippen LogP contribution in [0.1, 0.15) is 26.3 Å². The molecule has 0 fully saturated rings. The Morgan fingerprint density at radius 3 is 1.79 bits per heavy atom. The van der Waals surface area contributed by atoms with Crippen molar-refractivity contribution in [3.8, 4) is 17.4 Å². The molecule has 7 heteroatoms. The van der Waals surface area contributed by atoms with E-state index in [1.165, 1.54) is 25.1 Å². The van der Waals surface area contributed by atoms with Gasteiger partial charge in [-0.25, -0.2) is 4.90 Å². The molecular formula is C45H24N4O2S. The number of anilines is 1. The minimum Gasteiger partial charge on any atom is -0.309 e. The first-order chi connectivity index (χ1) is 25.6. The van der Waals surface area contributed by atoms with Gasteiger partial charge in [-0.15, -0.1) is 11.3 Å². The number of carbonyl (C=O) groups is 2. The number of rotatable bonds is 3. The Bertz CT molecular complexity index is 3230. The number of imide groups is 1. The van der Waals surface area contributed by atoms with E-state index in [0.717, 1.165) is 49.3 Å². The summed E-state index contributed by atoms with van der Waals surface area (Å²) in [6, 6.07) is 50.7. The van der Waals surface area contributed by atoms with Gasteiger partial charge in [0.25, 0.3) is 11.8 Å². The lowest BCUT2D eigenvalue weighted by atomic mass is 10.1. The molecule has 11 rings (SSSR count). The summed E-state index contributed by atoms with van der Waals surface area (Å²) in [6.07, 6.45) is 0. The van der Waals surface area contributed by atoms with Gasteiger partial charge in [-0.3, -0.25) is 9.59 Å². The fraction of sp³-hybridized carbons (Fsp3) is 0. The minimum absolute atomic E-state index is 0.352. The highest BCUT2D eigenvalue weighted by Gasteiger charge is 2.38. The number of aromatic nitrogens is 2. The van der Waals surface area contributed by atoms with Crippen LogP contribution in [0.5, 0.6) is 0 Å². The van der Waals surface area contributed by atoms with Gasteiger partial charge in [-0.1, -0.05) is 72.8 Å². The summed E-state index contributed by atoms with van der Waals surface area (Å²) >= 11 is 1.80. The van der Waals surface area contributed by atoms with Crippen molar-refractivity contribution in [2.45, 2.75) is 0 Å². The van der Waals surface area contributed by atoms with Crippen molar-refractivity contribution in [3.63, 3.8) is 0 Å². The van der Waals surface area contributed by atoms with Crippen LogP contribution in [0.3, 0.4) is 0 Å². The molecule has 242 valence electrons. The van der Waals surface area contributed by atoms with Crippen LogP contribution in [0.2, 0.25) is 0 Å². The van der Waals surface area contributed by atoms with Gasteiger partial charge in [0.15, 0.2) is 0 Å². The molecule has 0 unspecified atom stereocenters. The van der Waals surface area contributed by atoms with Gasteiger partial charge < -0.3 is 9.13 Å². The van der Waals surface area contributed by atoms with Crippen molar-refractivity contribution in [3.05, 3.63) is 162 Å². The molecule has 6 nitrogen and oxygen atoms in total. The Kier molecular flexibility index (Phi) is 5.81. The Balaban J connectivity index is 1.25. The van der Waals surface area contributed by atoms with Gasteiger partial charge >= 0.3 is 0 Å². The third-order valence-corrected chi connectivity index (χ3v) is 11.6. The van der Waals surface area contributed by atoms with Crippen LogP contribution in [0.15, 0.2) is 146 Å². The van der Waals surface area contributed by atoms with Crippen LogP contribution in [0.4, 0.5) is 5.69 Å². The molecule has 0 spiro atoms. The summed E-state index contributed by atoms with van der Waals surface area (Å²) in [5.74, 6) is -0.812. The topological polar surface area (TPSA) is 71.0 Å². The SMILES string of the molecule is N#Cc1cccc(N2C(=O)c3ccccc3C2=O)c1-n1c2ccccc2c2cc3c4ccccc4n(-c4ccc5sc6ccccc6c5c4)c3cc21. The Morgan fingerprint density at radius 1 is 0.481 bits per heavy atom. The van der Waals surface area contributed by atoms with E-state index in [1.807, 2.05) is 18.2 Å². The summed E-state index contributed by atoms with van der Waals surface area (Å²) in [6.45, 7) is 0. The van der Waals surface area contributed by atoms with E-state index in [-0.39, 0.29) is 0 Å². The van der Waals surface area contributed by atoms with E-state index in [1.54, 1.807) is 53.8 Å². The zero-order chi connectivity index (χ0) is 34.7. The third kappa shape index (κ3) is 3.76. The largest absolute Gasteiger partial charge is 0.309 e. The summed E-state index contributed by atoms with van der Waals surface area (Å²) < 4.78 is 6.87. The average Bonchev–Trinajstić information content (AvgIpc) is 3.89. The van der Waals surface area contributed by atoms with E-state index < -0.39 is 11.8 Å². The molecule has 1 aliphatic heterocycles. The number of nitriles is 1. The highest BCUT2D eigenvalue weighted by Crippen LogP contribution is 2.44. The lowest BCUT2D eigenvalue weighted by Gasteiger charge is -2.21. The molecule has 3 aromatic heterocycles. The van der Waals surface area contributed by atoms with Crippen molar-refractivity contribution in [2.24, 2.45) is 0 Å². The smallest absolute Gasteiger partial charge is 0.266 e. The standard InChI is InChI=1S/C45H24N4O2S/c46-25-26-10-9-18-38(49-44(50)31-14-1-2-15-32(31)45(49)51)43(26)48-37-17-7-4-12-29(37)34-23-33-28-11-3-6-16-36(28)47(39(33)24-40(34)48)27-20-21-42-35(22-27)30-13-5-8-19-41(30)52-42/h1-24H. The number of nitrogens with zero attached hydrogens (tertiary/aromatic N) is 4. The second-order valence-electron chi connectivity index (χ2n) is 13.1. The van der Waals surface area contributed by atoms with Gasteiger partial charge in [-0.05, 0) is 72.8 Å². The number of para-hydroxylation sites is 3. The maximum atomic E-state index is 13.9. The van der Waals surface area contributed by atoms with Crippen LogP contribution in [0, 0.1) is 11.3 Å². The maximum Gasteiger partial charge on any atom is 0.266 e. The molecule has 0 atom stereocenters. The van der Waals surface area contributed by atoms with Crippen molar-refractivity contribution >= 4 is 92.6 Å². The van der Waals surface area contributed by atoms with E-state index >= 15 is 0 Å². The van der Waals surface area contributed by atoms with Crippen molar-refractivity contribution < 1.29 is 9.59 Å². The summed E-state index contributed by atoms with van der Waals surface area (Å²) in [7, 11) is 0. The fourth-order valence-corrected chi connectivity index (χ4v) is 9.33. The monoisotopic (exact) mass is 684 g/mol. The molecule has 0 saturated carbocycles. The van der Waals surface area contributed by atoms with E-state index in [9.17, 15) is 14.9 Å². The first kappa shape index (κ1) is 28.8. The van der Waals surface area contributed by atoms with Gasteiger partial charge in [-0.2, -0.15) is 5.26 Å². The molecule has 0 N–H and O–H groups in total. The highest BCUT2D eigenvalue weighted by atomic mass is 32.1. The molecule has 4 heterocycles. The van der Waals surface area contributed by atoms with Crippen molar-refractivity contribution in [2.75, 3.05) is 4.90 Å². The molecule has 1 aliphatic rings. The highest BCUT2D eigenvalue weighted by molar-refractivity contribution is 7.25. The fourth-order valence-electron chi connectivity index (χ4n) is 8.25. The van der Waals surface area contributed by atoms with E-state index in [4.69, 9.17) is 0 Å². The van der Waals surface area contributed by atoms with Gasteiger partial charge in [0, 0.05) is 47.4 Å². The quantitative estimate of drug-likeness (QED) is 0.174. The lowest BCUT2D eigenvalue weighted by Crippen LogP contribution is -2.30. The van der Waals surface area contributed by atoms with Crippen LogP contribution in [0.25, 0.3) is 75.2 Å². The molecular weight excluding hydrogens is 661 g/mol. The summed E-state index contributed by atoms with van der Waals surface area (Å²) in [5.41, 5.74) is 6.78. The first-order valence-corrected chi connectivity index (χ1v) is 17.8. The van der Waals surface area contributed by atoms with Crippen molar-refractivity contribution in [1.29, 1.82) is 5.26 Å². The molecule has 52 heavy (non-hydrogen) atoms. The summed E-state index contributed by atoms with van der Waals surface area (Å²) in [5, 5.41) is 17.3. The van der Waals surface area contributed by atoms with Crippen LogP contribution in [-0.2, 0) is 0 Å². The van der Waals surface area contributed by atoms with E-state index in [2.05, 4.69) is 100 Å². The number of thiophene rings is 1. The molecule has 0 radical (unpaired) electrons. The van der Waals surface area contributed by atoms with Crippen LogP contribution < -0.4 is 4.90 Å². The van der Waals surface area contributed by atoms with Gasteiger partial charge in [0.1, 0.15) is 6.07 Å². The normalized spacial score (nSPS) is 13.0. The van der Waals surface area contributed by atoms with Crippen molar-refractivity contribution in [1.82, 2.24) is 9.13 Å². The second kappa shape index (κ2) is 10.5. The van der Waals surface area contributed by atoms with Gasteiger partial charge in [0.2, 0.25) is 0 Å². The number of amides is 2. The minimum atomic E-state index is -0.406. The predicted molar refractivity (Wildman–Crippen MR) is 210 cm³/mol. The number of hydrogen-bond donors (Lipinski definition) is 0. The zero-order valence-corrected chi connectivity index (χ0v) is 28.2. The Hall–Kier alpha value is -7.01. The Labute approximate surface area is 300 Å². The molecule has 10 aromatic rings. The Morgan fingerprint density at radius 2 is 1.08 bits per heavy atom. The van der Waals surface area contributed by atoms with Gasteiger partial charge in [0.05, 0.1) is 50.1 Å². The number of fused-ring (bicyclic) bond motifs is 10. The number of carbonyl (C=O) groups excluding carboxylic acids is 2. The molecule has 0 bridgehead atoms.